The van der Waals surface area contributed by atoms with Gasteiger partial charge in [0, 0.05) is 13.1 Å². The number of nitrogens with zero attached hydrogens (tertiary/aromatic N) is 2. The minimum absolute atomic E-state index is 0.302. The molecule has 0 bridgehead atoms. The molecule has 1 saturated heterocycles. The Morgan fingerprint density at radius 1 is 1.22 bits per heavy atom. The van der Waals surface area contributed by atoms with Crippen LogP contribution in [0.5, 0.6) is 0 Å². The molecule has 1 amide bonds. The molecule has 5 nitrogen and oxygen atoms in total. The highest BCUT2D eigenvalue weighted by atomic mass is 16.6. The lowest BCUT2D eigenvalue weighted by Gasteiger charge is -2.31. The largest absolute Gasteiger partial charge is 0.493 e. The van der Waals surface area contributed by atoms with E-state index in [-0.39, 0.29) is 6.09 Å². The van der Waals surface area contributed by atoms with E-state index in [1.807, 2.05) is 41.5 Å². The highest BCUT2D eigenvalue weighted by Crippen LogP contribution is 2.25. The lowest BCUT2D eigenvalue weighted by atomic mass is 9.98. The fourth-order valence-electron chi connectivity index (χ4n) is 2.12. The van der Waals surface area contributed by atoms with Crippen LogP contribution in [-0.4, -0.2) is 36.3 Å². The molecule has 1 heterocycles. The average molecular weight is 381 g/mol. The number of hydrogen-bond donors (Lipinski definition) is 0. The predicted molar refractivity (Wildman–Crippen MR) is 112 cm³/mol. The molecule has 1 aliphatic rings. The monoisotopic (exact) mass is 380 g/mol. The highest BCUT2D eigenvalue weighted by Gasteiger charge is 2.26. The average Bonchev–Trinajstić information content (AvgIpc) is 2.56. The number of ether oxygens (including phenoxy) is 2. The van der Waals surface area contributed by atoms with Crippen molar-refractivity contribution in [2.45, 2.75) is 80.8 Å². The van der Waals surface area contributed by atoms with Gasteiger partial charge in [-0.15, -0.1) is 0 Å². The molecular formula is C22H40N2O3. The number of carbonyl (C=O) groups excluding carboxylic acids is 1. The van der Waals surface area contributed by atoms with Gasteiger partial charge in [0.05, 0.1) is 12.2 Å². The Labute approximate surface area is 167 Å². The zero-order valence-electron chi connectivity index (χ0n) is 18.9. The number of hydrogen-bond acceptors (Lipinski definition) is 4. The number of piperidine rings is 1. The summed E-state index contributed by atoms with van der Waals surface area (Å²) in [4.78, 5) is 13.7. The zero-order chi connectivity index (χ0) is 21.6. The first-order valence-corrected chi connectivity index (χ1v) is 9.93. The zero-order valence-corrected chi connectivity index (χ0v) is 18.9. The van der Waals surface area contributed by atoms with Crippen LogP contribution in [0, 0.1) is 17.2 Å². The van der Waals surface area contributed by atoms with Crippen LogP contribution in [-0.2, 0) is 9.47 Å². The van der Waals surface area contributed by atoms with Gasteiger partial charge in [-0.1, -0.05) is 41.2 Å². The second-order valence-electron chi connectivity index (χ2n) is 7.65. The lowest BCUT2D eigenvalue weighted by Crippen LogP contribution is -2.40. The van der Waals surface area contributed by atoms with Gasteiger partial charge in [-0.3, -0.25) is 0 Å². The van der Waals surface area contributed by atoms with Crippen molar-refractivity contribution in [1.82, 2.24) is 4.90 Å². The molecule has 1 aliphatic heterocycles. The van der Waals surface area contributed by atoms with E-state index < -0.39 is 5.60 Å². The number of nitriles is 1. The molecule has 0 N–H and O–H groups in total. The summed E-state index contributed by atoms with van der Waals surface area (Å²) >= 11 is 0. The van der Waals surface area contributed by atoms with Gasteiger partial charge in [0.2, 0.25) is 0 Å². The summed E-state index contributed by atoms with van der Waals surface area (Å²) in [6, 6.07) is 2.16. The molecule has 0 spiro atoms. The third-order valence-electron chi connectivity index (χ3n) is 3.08. The van der Waals surface area contributed by atoms with Gasteiger partial charge >= 0.3 is 6.09 Å². The van der Waals surface area contributed by atoms with E-state index >= 15 is 0 Å². The molecule has 0 atom stereocenters. The molecule has 0 saturated carbocycles. The Balaban J connectivity index is 0. The number of likely N-dealkylation sites (tertiary alicyclic amines) is 1. The predicted octanol–water partition coefficient (Wildman–Crippen LogP) is 6.08. The molecule has 0 aromatic heterocycles. The molecule has 27 heavy (non-hydrogen) atoms. The number of carbonyl (C=O) groups is 1. The molecule has 156 valence electrons. The first-order chi connectivity index (χ1) is 12.5. The van der Waals surface area contributed by atoms with Crippen molar-refractivity contribution >= 4 is 6.09 Å². The summed E-state index contributed by atoms with van der Waals surface area (Å²) in [6.07, 6.45) is 0.992. The maximum atomic E-state index is 12.0. The third-order valence-corrected chi connectivity index (χ3v) is 3.08. The number of allylic oxidation sites excluding steroid dienone is 1. The first kappa shape index (κ1) is 27.3. The molecule has 1 rings (SSSR count). The standard InChI is InChI=1S/C16H24N2O3.C4H10.C2H6/c1-6-20-12(2)14(11-17)13-7-9-18(10-8-13)15(19)21-16(3,4)5;1-4(2)3;1-2/h2,6-10H2,1,3-5H3;4H,1-3H3;1-2H3. The normalized spacial score (nSPS) is 13.4. The van der Waals surface area contributed by atoms with E-state index in [0.717, 1.165) is 11.5 Å². The van der Waals surface area contributed by atoms with Gasteiger partial charge in [0.25, 0.3) is 0 Å². The Morgan fingerprint density at radius 2 is 1.67 bits per heavy atom. The fourth-order valence-corrected chi connectivity index (χ4v) is 2.12. The highest BCUT2D eigenvalue weighted by molar-refractivity contribution is 5.68. The quantitative estimate of drug-likeness (QED) is 0.440. The van der Waals surface area contributed by atoms with Crippen molar-refractivity contribution in [3.63, 3.8) is 0 Å². The van der Waals surface area contributed by atoms with Crippen LogP contribution in [0.25, 0.3) is 0 Å². The second kappa shape index (κ2) is 14.1. The van der Waals surface area contributed by atoms with Crippen LogP contribution < -0.4 is 0 Å². The first-order valence-electron chi connectivity index (χ1n) is 9.93. The fraction of sp³-hybridized carbons (Fsp3) is 0.727. The van der Waals surface area contributed by atoms with E-state index in [1.54, 1.807) is 4.90 Å². The topological polar surface area (TPSA) is 62.6 Å². The Bertz CT molecular complexity index is 510. The van der Waals surface area contributed by atoms with Gasteiger partial charge in [-0.05, 0) is 52.0 Å². The molecule has 0 aromatic carbocycles. The Morgan fingerprint density at radius 3 is 2.00 bits per heavy atom. The molecule has 0 aromatic rings. The lowest BCUT2D eigenvalue weighted by molar-refractivity contribution is 0.0236. The van der Waals surface area contributed by atoms with Crippen molar-refractivity contribution in [2.75, 3.05) is 19.7 Å². The van der Waals surface area contributed by atoms with E-state index in [1.165, 1.54) is 0 Å². The molecule has 0 aliphatic carbocycles. The Kier molecular flexibility index (Phi) is 14.3. The van der Waals surface area contributed by atoms with E-state index in [9.17, 15) is 10.1 Å². The molecule has 5 heteroatoms. The number of amides is 1. The maximum Gasteiger partial charge on any atom is 0.410 e. The SMILES string of the molecule is C=C(OCC)C(C#N)=C1CCN(C(=O)OC(C)(C)C)CC1.CC.CC(C)C. The Hall–Kier alpha value is -1.96. The van der Waals surface area contributed by atoms with Crippen molar-refractivity contribution in [2.24, 2.45) is 5.92 Å². The molecule has 1 fully saturated rings. The molecular weight excluding hydrogens is 340 g/mol. The van der Waals surface area contributed by atoms with E-state index in [0.29, 0.717) is 43.9 Å². The minimum atomic E-state index is -0.492. The van der Waals surface area contributed by atoms with Crippen molar-refractivity contribution < 1.29 is 14.3 Å². The maximum absolute atomic E-state index is 12.0. The van der Waals surface area contributed by atoms with Crippen LogP contribution in [0.1, 0.15) is 75.2 Å². The third kappa shape index (κ3) is 12.9. The van der Waals surface area contributed by atoms with Gasteiger partial charge in [0.15, 0.2) is 0 Å². The number of rotatable bonds is 3. The van der Waals surface area contributed by atoms with Crippen LogP contribution in [0.15, 0.2) is 23.5 Å². The van der Waals surface area contributed by atoms with Crippen LogP contribution >= 0.6 is 0 Å². The minimum Gasteiger partial charge on any atom is -0.493 e. The van der Waals surface area contributed by atoms with Crippen LogP contribution in [0.2, 0.25) is 0 Å². The van der Waals surface area contributed by atoms with E-state index in [2.05, 4.69) is 33.4 Å². The summed E-state index contributed by atoms with van der Waals surface area (Å²) in [6.45, 7) is 23.3. The second-order valence-corrected chi connectivity index (χ2v) is 7.65. The van der Waals surface area contributed by atoms with Crippen molar-refractivity contribution in [3.05, 3.63) is 23.5 Å². The van der Waals surface area contributed by atoms with Gasteiger partial charge in [-0.2, -0.15) is 5.26 Å². The van der Waals surface area contributed by atoms with Crippen LogP contribution in [0.3, 0.4) is 0 Å². The van der Waals surface area contributed by atoms with Crippen LogP contribution in [0.4, 0.5) is 4.79 Å². The summed E-state index contributed by atoms with van der Waals surface area (Å²) in [5.41, 5.74) is 1.02. The summed E-state index contributed by atoms with van der Waals surface area (Å²) < 4.78 is 10.7. The van der Waals surface area contributed by atoms with Gasteiger partial charge in [0.1, 0.15) is 17.4 Å². The van der Waals surface area contributed by atoms with E-state index in [4.69, 9.17) is 9.47 Å². The van der Waals surface area contributed by atoms with Gasteiger partial charge < -0.3 is 14.4 Å². The molecule has 0 unspecified atom stereocenters. The summed E-state index contributed by atoms with van der Waals surface area (Å²) in [5, 5.41) is 9.25. The summed E-state index contributed by atoms with van der Waals surface area (Å²) in [7, 11) is 0. The molecule has 0 radical (unpaired) electrons. The van der Waals surface area contributed by atoms with Gasteiger partial charge in [-0.25, -0.2) is 4.79 Å². The smallest absolute Gasteiger partial charge is 0.410 e. The van der Waals surface area contributed by atoms with Crippen molar-refractivity contribution in [1.29, 1.82) is 5.26 Å². The van der Waals surface area contributed by atoms with Crippen molar-refractivity contribution in [3.8, 4) is 6.07 Å². The summed E-state index contributed by atoms with van der Waals surface area (Å²) in [5.74, 6) is 1.25.